The molecule has 0 amide bonds. The Hall–Kier alpha value is -3.27. The van der Waals surface area contributed by atoms with Crippen molar-refractivity contribution in [2.24, 2.45) is 0 Å². The summed E-state index contributed by atoms with van der Waals surface area (Å²) in [6.07, 6.45) is 1.63. The van der Waals surface area contributed by atoms with Crippen LogP contribution in [0.3, 0.4) is 0 Å². The molecule has 2 fully saturated rings. The van der Waals surface area contributed by atoms with E-state index in [1.807, 2.05) is 41.3 Å². The molecule has 0 atom stereocenters. The van der Waals surface area contributed by atoms with Crippen molar-refractivity contribution in [3.8, 4) is 0 Å². The lowest BCUT2D eigenvalue weighted by atomic mass is 9.96. The Kier molecular flexibility index (Phi) is 7.04. The van der Waals surface area contributed by atoms with Crippen molar-refractivity contribution in [3.63, 3.8) is 0 Å². The van der Waals surface area contributed by atoms with Gasteiger partial charge >= 0.3 is 0 Å². The van der Waals surface area contributed by atoms with E-state index in [1.54, 1.807) is 6.07 Å². The molecule has 5 rings (SSSR count). The first kappa shape index (κ1) is 24.4. The quantitative estimate of drug-likeness (QED) is 0.351. The predicted molar refractivity (Wildman–Crippen MR) is 140 cm³/mol. The van der Waals surface area contributed by atoms with Crippen molar-refractivity contribution in [1.29, 1.82) is 0 Å². The van der Waals surface area contributed by atoms with Crippen molar-refractivity contribution < 1.29 is 13.3 Å². The Balaban J connectivity index is 1.38. The van der Waals surface area contributed by atoms with Crippen LogP contribution in [0.15, 0.2) is 83.8 Å². The van der Waals surface area contributed by atoms with Crippen LogP contribution in [0.25, 0.3) is 0 Å². The average molecular weight is 507 g/mol. The summed E-state index contributed by atoms with van der Waals surface area (Å²) in [7, 11) is -3.72. The van der Waals surface area contributed by atoms with Gasteiger partial charge in [-0.05, 0) is 36.1 Å². The maximum Gasteiger partial charge on any atom is 0.293 e. The molecule has 3 aromatic carbocycles. The van der Waals surface area contributed by atoms with Crippen LogP contribution in [-0.4, -0.2) is 61.8 Å². The van der Waals surface area contributed by atoms with Gasteiger partial charge in [-0.1, -0.05) is 60.7 Å². The molecular formula is C27H30N4O4S. The first-order valence-electron chi connectivity index (χ1n) is 12.3. The van der Waals surface area contributed by atoms with E-state index in [2.05, 4.69) is 29.2 Å². The molecule has 36 heavy (non-hydrogen) atoms. The number of piperazine rings is 1. The van der Waals surface area contributed by atoms with Gasteiger partial charge in [0.2, 0.25) is 10.0 Å². The maximum atomic E-state index is 13.0. The van der Waals surface area contributed by atoms with Crippen LogP contribution in [0.5, 0.6) is 0 Å². The second-order valence-electron chi connectivity index (χ2n) is 9.27. The molecule has 3 aromatic rings. The van der Waals surface area contributed by atoms with E-state index < -0.39 is 14.9 Å². The number of sulfonamides is 1. The Bertz CT molecular complexity index is 1260. The van der Waals surface area contributed by atoms with Crippen LogP contribution < -0.4 is 4.90 Å². The van der Waals surface area contributed by atoms with Gasteiger partial charge in [-0.2, -0.15) is 4.31 Å². The Morgan fingerprint density at radius 2 is 1.31 bits per heavy atom. The summed E-state index contributed by atoms with van der Waals surface area (Å²) in [5, 5.41) is 12.0. The SMILES string of the molecule is O=[N+]([O-])c1cc(S(=O)(=O)N2CCCC2)ccc1N1CCN(C(c2ccccc2)c2ccccc2)CC1. The summed E-state index contributed by atoms with van der Waals surface area (Å²) in [4.78, 5) is 15.9. The van der Waals surface area contributed by atoms with Gasteiger partial charge < -0.3 is 4.90 Å². The lowest BCUT2D eigenvalue weighted by Crippen LogP contribution is -2.48. The zero-order valence-corrected chi connectivity index (χ0v) is 20.9. The van der Waals surface area contributed by atoms with E-state index in [0.29, 0.717) is 31.9 Å². The van der Waals surface area contributed by atoms with Gasteiger partial charge in [0, 0.05) is 45.3 Å². The molecular weight excluding hydrogens is 476 g/mol. The number of anilines is 1. The summed E-state index contributed by atoms with van der Waals surface area (Å²) in [6.45, 7) is 3.58. The van der Waals surface area contributed by atoms with Gasteiger partial charge in [0.25, 0.3) is 5.69 Å². The molecule has 0 unspecified atom stereocenters. The van der Waals surface area contributed by atoms with Gasteiger partial charge in [0.1, 0.15) is 5.69 Å². The first-order valence-corrected chi connectivity index (χ1v) is 13.8. The number of nitrogens with zero attached hydrogens (tertiary/aromatic N) is 4. The monoisotopic (exact) mass is 506 g/mol. The normalized spacial score (nSPS) is 17.5. The summed E-state index contributed by atoms with van der Waals surface area (Å²) in [5.74, 6) is 0. The van der Waals surface area contributed by atoms with Crippen LogP contribution in [0.2, 0.25) is 0 Å². The smallest absolute Gasteiger partial charge is 0.293 e. The van der Waals surface area contributed by atoms with Crippen LogP contribution in [0.4, 0.5) is 11.4 Å². The van der Waals surface area contributed by atoms with Gasteiger partial charge in [0.05, 0.1) is 15.9 Å². The van der Waals surface area contributed by atoms with E-state index >= 15 is 0 Å². The highest BCUT2D eigenvalue weighted by Gasteiger charge is 2.32. The molecule has 2 saturated heterocycles. The third kappa shape index (κ3) is 4.86. The third-order valence-corrected chi connectivity index (χ3v) is 8.99. The first-order chi connectivity index (χ1) is 17.4. The molecule has 0 saturated carbocycles. The number of hydrogen-bond acceptors (Lipinski definition) is 6. The van der Waals surface area contributed by atoms with Crippen molar-refractivity contribution >= 4 is 21.4 Å². The molecule has 0 N–H and O–H groups in total. The zero-order chi connectivity index (χ0) is 25.1. The lowest BCUT2D eigenvalue weighted by molar-refractivity contribution is -0.384. The fourth-order valence-corrected chi connectivity index (χ4v) is 6.80. The van der Waals surface area contributed by atoms with Crippen molar-refractivity contribution in [2.75, 3.05) is 44.2 Å². The van der Waals surface area contributed by atoms with Gasteiger partial charge in [-0.25, -0.2) is 8.42 Å². The molecule has 0 aromatic heterocycles. The fourth-order valence-electron chi connectivity index (χ4n) is 5.26. The molecule has 0 aliphatic carbocycles. The fraction of sp³-hybridized carbons (Fsp3) is 0.333. The summed E-state index contributed by atoms with van der Waals surface area (Å²) < 4.78 is 27.3. The molecule has 2 aliphatic heterocycles. The molecule has 2 aliphatic rings. The number of nitro groups is 1. The number of nitro benzene ring substituents is 1. The molecule has 0 spiro atoms. The molecule has 8 nitrogen and oxygen atoms in total. The second kappa shape index (κ2) is 10.4. The predicted octanol–water partition coefficient (Wildman–Crippen LogP) is 4.29. The molecule has 2 heterocycles. The minimum absolute atomic E-state index is 0.00768. The van der Waals surface area contributed by atoms with E-state index in [4.69, 9.17) is 0 Å². The standard InChI is InChI=1S/C27H30N4O4S/c32-31(33)26-21-24(36(34,35)30-15-7-8-16-30)13-14-25(26)28-17-19-29(20-18-28)27(22-9-3-1-4-10-22)23-11-5-2-6-12-23/h1-6,9-14,21,27H,7-8,15-20H2. The number of benzene rings is 3. The largest absolute Gasteiger partial charge is 0.363 e. The van der Waals surface area contributed by atoms with Gasteiger partial charge in [-0.3, -0.25) is 15.0 Å². The maximum absolute atomic E-state index is 13.0. The van der Waals surface area contributed by atoms with Crippen LogP contribution >= 0.6 is 0 Å². The van der Waals surface area contributed by atoms with Gasteiger partial charge in [0.15, 0.2) is 0 Å². The molecule has 0 radical (unpaired) electrons. The van der Waals surface area contributed by atoms with Gasteiger partial charge in [-0.15, -0.1) is 0 Å². The van der Waals surface area contributed by atoms with Crippen LogP contribution in [0.1, 0.15) is 30.0 Å². The highest BCUT2D eigenvalue weighted by molar-refractivity contribution is 7.89. The van der Waals surface area contributed by atoms with Crippen LogP contribution in [0, 0.1) is 10.1 Å². The average Bonchev–Trinajstić information content (AvgIpc) is 3.46. The molecule has 9 heteroatoms. The Labute approximate surface area is 212 Å². The highest BCUT2D eigenvalue weighted by Crippen LogP contribution is 2.35. The number of rotatable bonds is 7. The topological polar surface area (TPSA) is 87.0 Å². The van der Waals surface area contributed by atoms with Crippen molar-refractivity contribution in [2.45, 2.75) is 23.8 Å². The summed E-state index contributed by atoms with van der Waals surface area (Å²) in [6, 6.07) is 25.2. The second-order valence-corrected chi connectivity index (χ2v) is 11.2. The lowest BCUT2D eigenvalue weighted by Gasteiger charge is -2.40. The molecule has 188 valence electrons. The molecule has 0 bridgehead atoms. The minimum Gasteiger partial charge on any atom is -0.363 e. The third-order valence-electron chi connectivity index (χ3n) is 7.10. The zero-order valence-electron chi connectivity index (χ0n) is 20.1. The summed E-state index contributed by atoms with van der Waals surface area (Å²) in [5.41, 5.74) is 2.72. The van der Waals surface area contributed by atoms with E-state index in [9.17, 15) is 18.5 Å². The van der Waals surface area contributed by atoms with Crippen molar-refractivity contribution in [1.82, 2.24) is 9.21 Å². The Morgan fingerprint density at radius 1 is 0.750 bits per heavy atom. The number of hydrogen-bond donors (Lipinski definition) is 0. The summed E-state index contributed by atoms with van der Waals surface area (Å²) >= 11 is 0. The van der Waals surface area contributed by atoms with E-state index in [1.165, 1.54) is 27.6 Å². The minimum atomic E-state index is -3.72. The van der Waals surface area contributed by atoms with E-state index in [-0.39, 0.29) is 16.6 Å². The Morgan fingerprint density at radius 3 is 1.83 bits per heavy atom. The van der Waals surface area contributed by atoms with Crippen LogP contribution in [-0.2, 0) is 10.0 Å². The van der Waals surface area contributed by atoms with E-state index in [0.717, 1.165) is 25.9 Å². The van der Waals surface area contributed by atoms with Crippen molar-refractivity contribution in [3.05, 3.63) is 100 Å². The highest BCUT2D eigenvalue weighted by atomic mass is 32.2.